The summed E-state index contributed by atoms with van der Waals surface area (Å²) >= 11 is 0. The maximum atomic E-state index is 10.4. The number of aliphatic carboxylic acids is 4. The highest BCUT2D eigenvalue weighted by Gasteiger charge is 2.36. The molecule has 0 aliphatic rings. The van der Waals surface area contributed by atoms with Crippen LogP contribution in [0.2, 0.25) is 0 Å². The Morgan fingerprint density at radius 3 is 0.605 bits per heavy atom. The molecule has 0 radical (unpaired) electrons. The molecule has 0 heterocycles. The lowest BCUT2D eigenvalue weighted by molar-refractivity contribution is -0.155. The van der Waals surface area contributed by atoms with E-state index in [0.717, 1.165) is 0 Å². The second-order valence-electron chi connectivity index (χ2n) is 8.87. The van der Waals surface area contributed by atoms with Crippen molar-refractivity contribution in [3.05, 3.63) is 0 Å². The Bertz CT molecular complexity index is 602. The molecular formula is C22H44O16. The summed E-state index contributed by atoms with van der Waals surface area (Å²) in [6, 6.07) is 0. The van der Waals surface area contributed by atoms with Crippen LogP contribution in [0.3, 0.4) is 0 Å². The van der Waals surface area contributed by atoms with Crippen molar-refractivity contribution < 1.29 is 80.5 Å². The number of carboxylic acid groups (broad SMARTS) is 4. The van der Waals surface area contributed by atoms with Crippen molar-refractivity contribution in [2.75, 3.05) is 52.9 Å². The SMILES string of the molecule is CC(CO)(CO)C(=O)O.CC(CO)(CO)C(=O)O.CCC(CO)(CO)C(=O)O.CCC(CO)(CO)C(=O)O. The third-order valence-corrected chi connectivity index (χ3v) is 5.90. The predicted octanol–water partition coefficient (Wildman–Crippen LogP) is -2.97. The predicted molar refractivity (Wildman–Crippen MR) is 129 cm³/mol. The van der Waals surface area contributed by atoms with E-state index < -0.39 is 98.4 Å². The lowest BCUT2D eigenvalue weighted by Gasteiger charge is -2.21. The van der Waals surface area contributed by atoms with E-state index in [9.17, 15) is 19.2 Å². The Morgan fingerprint density at radius 1 is 0.421 bits per heavy atom. The summed E-state index contributed by atoms with van der Waals surface area (Å²) < 4.78 is 0. The minimum absolute atomic E-state index is 0.231. The maximum absolute atomic E-state index is 10.4. The lowest BCUT2D eigenvalue weighted by atomic mass is 9.87. The van der Waals surface area contributed by atoms with Gasteiger partial charge in [-0.05, 0) is 26.7 Å². The molecule has 0 bridgehead atoms. The van der Waals surface area contributed by atoms with Gasteiger partial charge in [-0.2, -0.15) is 0 Å². The smallest absolute Gasteiger partial charge is 0.314 e. The van der Waals surface area contributed by atoms with Crippen LogP contribution in [0.5, 0.6) is 0 Å². The van der Waals surface area contributed by atoms with Gasteiger partial charge in [-0.15, -0.1) is 0 Å². The molecule has 12 N–H and O–H groups in total. The normalized spacial score (nSPS) is 11.5. The van der Waals surface area contributed by atoms with Crippen LogP contribution in [0.25, 0.3) is 0 Å². The van der Waals surface area contributed by atoms with E-state index in [4.69, 9.17) is 61.3 Å². The van der Waals surface area contributed by atoms with E-state index in [2.05, 4.69) is 0 Å². The summed E-state index contributed by atoms with van der Waals surface area (Å²) in [5, 5.41) is 102. The zero-order valence-corrected chi connectivity index (χ0v) is 22.1. The summed E-state index contributed by atoms with van der Waals surface area (Å²) in [7, 11) is 0. The molecule has 0 aromatic carbocycles. The van der Waals surface area contributed by atoms with Gasteiger partial charge >= 0.3 is 23.9 Å². The molecule has 0 atom stereocenters. The van der Waals surface area contributed by atoms with Gasteiger partial charge in [0.2, 0.25) is 0 Å². The van der Waals surface area contributed by atoms with E-state index in [-0.39, 0.29) is 12.8 Å². The Morgan fingerprint density at radius 2 is 0.605 bits per heavy atom. The zero-order chi connectivity index (χ0) is 31.4. The van der Waals surface area contributed by atoms with Gasteiger partial charge in [-0.25, -0.2) is 0 Å². The quantitative estimate of drug-likeness (QED) is 0.100. The molecule has 0 saturated carbocycles. The van der Waals surface area contributed by atoms with E-state index in [1.165, 1.54) is 13.8 Å². The fourth-order valence-corrected chi connectivity index (χ4v) is 1.49. The number of carboxylic acids is 4. The van der Waals surface area contributed by atoms with Crippen LogP contribution in [0, 0.1) is 21.7 Å². The molecular weight excluding hydrogens is 520 g/mol. The first-order valence-electron chi connectivity index (χ1n) is 11.2. The topological polar surface area (TPSA) is 311 Å². The molecule has 0 rings (SSSR count). The van der Waals surface area contributed by atoms with Crippen molar-refractivity contribution in [3.8, 4) is 0 Å². The number of hydrogen-bond acceptors (Lipinski definition) is 12. The first-order valence-corrected chi connectivity index (χ1v) is 11.2. The van der Waals surface area contributed by atoms with E-state index in [1.807, 2.05) is 0 Å². The van der Waals surface area contributed by atoms with Crippen molar-refractivity contribution in [2.45, 2.75) is 40.5 Å². The Labute approximate surface area is 220 Å². The first-order chi connectivity index (χ1) is 17.4. The minimum atomic E-state index is -1.39. The zero-order valence-electron chi connectivity index (χ0n) is 22.1. The van der Waals surface area contributed by atoms with Gasteiger partial charge < -0.3 is 61.3 Å². The Kier molecular flexibility index (Phi) is 23.0. The highest BCUT2D eigenvalue weighted by Crippen LogP contribution is 2.20. The fourth-order valence-electron chi connectivity index (χ4n) is 1.49. The molecule has 16 heteroatoms. The third kappa shape index (κ3) is 13.4. The number of aliphatic hydroxyl groups excluding tert-OH is 8. The summed E-state index contributed by atoms with van der Waals surface area (Å²) in [5.41, 5.74) is -5.47. The maximum Gasteiger partial charge on any atom is 0.314 e. The van der Waals surface area contributed by atoms with Crippen LogP contribution >= 0.6 is 0 Å². The number of hydrogen-bond donors (Lipinski definition) is 12. The number of carbonyl (C=O) groups is 4. The van der Waals surface area contributed by atoms with E-state index in [1.54, 1.807) is 13.8 Å². The number of rotatable bonds is 14. The molecule has 228 valence electrons. The summed E-state index contributed by atoms with van der Waals surface area (Å²) in [5.74, 6) is -4.68. The van der Waals surface area contributed by atoms with Gasteiger partial charge in [-0.1, -0.05) is 13.8 Å². The fraction of sp³-hybridized carbons (Fsp3) is 0.818. The summed E-state index contributed by atoms with van der Waals surface area (Å²) in [6.07, 6.45) is 0.463. The highest BCUT2D eigenvalue weighted by atomic mass is 16.4. The van der Waals surface area contributed by atoms with Crippen LogP contribution in [-0.2, 0) is 19.2 Å². The largest absolute Gasteiger partial charge is 0.481 e. The second kappa shape index (κ2) is 20.5. The minimum Gasteiger partial charge on any atom is -0.481 e. The van der Waals surface area contributed by atoms with E-state index >= 15 is 0 Å². The molecule has 0 aromatic rings. The van der Waals surface area contributed by atoms with Crippen LogP contribution < -0.4 is 0 Å². The van der Waals surface area contributed by atoms with Crippen molar-refractivity contribution in [1.82, 2.24) is 0 Å². The highest BCUT2D eigenvalue weighted by molar-refractivity contribution is 5.75. The molecule has 0 saturated heterocycles. The average molecular weight is 565 g/mol. The van der Waals surface area contributed by atoms with Crippen molar-refractivity contribution >= 4 is 23.9 Å². The van der Waals surface area contributed by atoms with Gasteiger partial charge in [0.15, 0.2) is 0 Å². The summed E-state index contributed by atoms with van der Waals surface area (Å²) in [6.45, 7) is 1.52. The Hall–Kier alpha value is -2.44. The van der Waals surface area contributed by atoms with Crippen molar-refractivity contribution in [3.63, 3.8) is 0 Å². The Balaban J connectivity index is -0.000000203. The van der Waals surface area contributed by atoms with Gasteiger partial charge in [0.1, 0.15) is 21.7 Å². The van der Waals surface area contributed by atoms with Crippen LogP contribution in [0.1, 0.15) is 40.5 Å². The lowest BCUT2D eigenvalue weighted by Crippen LogP contribution is -2.37. The molecule has 0 spiro atoms. The monoisotopic (exact) mass is 564 g/mol. The van der Waals surface area contributed by atoms with Crippen molar-refractivity contribution in [2.24, 2.45) is 21.7 Å². The molecule has 0 unspecified atom stereocenters. The molecule has 0 aromatic heterocycles. The van der Waals surface area contributed by atoms with Crippen LogP contribution in [0.4, 0.5) is 0 Å². The second-order valence-corrected chi connectivity index (χ2v) is 8.87. The molecule has 0 aliphatic heterocycles. The molecule has 16 nitrogen and oxygen atoms in total. The van der Waals surface area contributed by atoms with Gasteiger partial charge in [0, 0.05) is 0 Å². The van der Waals surface area contributed by atoms with Gasteiger partial charge in [0.05, 0.1) is 52.9 Å². The van der Waals surface area contributed by atoms with Crippen LogP contribution in [0.15, 0.2) is 0 Å². The standard InChI is InChI=1S/2C6H12O4.2C5H10O4/c2*1-2-6(3-7,4-8)5(9)10;2*1-5(2-6,3-7)4(8)9/h2*7-8H,2-4H2,1H3,(H,9,10);2*6-7H,2-3H2,1H3,(H,8,9). The molecule has 0 fully saturated rings. The summed E-state index contributed by atoms with van der Waals surface area (Å²) in [4.78, 5) is 41.1. The number of aliphatic hydroxyl groups is 8. The molecule has 0 amide bonds. The molecule has 0 aliphatic carbocycles. The van der Waals surface area contributed by atoms with Gasteiger partial charge in [0.25, 0.3) is 0 Å². The third-order valence-electron chi connectivity index (χ3n) is 5.90. The first kappa shape index (κ1) is 42.6. The van der Waals surface area contributed by atoms with Crippen LogP contribution in [-0.4, -0.2) is 138 Å². The van der Waals surface area contributed by atoms with Crippen molar-refractivity contribution in [1.29, 1.82) is 0 Å². The molecule has 38 heavy (non-hydrogen) atoms. The average Bonchev–Trinajstić information content (AvgIpc) is 2.90. The van der Waals surface area contributed by atoms with E-state index in [0.29, 0.717) is 0 Å². The van der Waals surface area contributed by atoms with Gasteiger partial charge in [-0.3, -0.25) is 19.2 Å².